The summed E-state index contributed by atoms with van der Waals surface area (Å²) in [5.74, 6) is -0.928. The molecule has 0 radical (unpaired) electrons. The van der Waals surface area contributed by atoms with Gasteiger partial charge < -0.3 is 10.4 Å². The predicted octanol–water partition coefficient (Wildman–Crippen LogP) is 3.41. The van der Waals surface area contributed by atoms with Gasteiger partial charge in [0.05, 0.1) is 10.7 Å². The molecule has 98 valence electrons. The minimum Gasteiger partial charge on any atom is -0.478 e. The zero-order valence-electron chi connectivity index (χ0n) is 10.4. The lowest BCUT2D eigenvalue weighted by Crippen LogP contribution is -2.15. The second kappa shape index (κ2) is 6.40. The molecule has 0 saturated heterocycles. The van der Waals surface area contributed by atoms with Gasteiger partial charge in [0.2, 0.25) is 5.91 Å². The molecule has 5 heteroatoms. The number of anilines is 1. The molecule has 0 atom stereocenters. The van der Waals surface area contributed by atoms with Crippen LogP contribution in [0.25, 0.3) is 0 Å². The minimum absolute atomic E-state index is 0.0722. The van der Waals surface area contributed by atoms with E-state index in [1.807, 2.05) is 13.8 Å². The van der Waals surface area contributed by atoms with Gasteiger partial charge in [-0.3, -0.25) is 4.79 Å². The molecule has 1 amide bonds. The van der Waals surface area contributed by atoms with Crippen molar-refractivity contribution >= 4 is 29.2 Å². The first kappa shape index (κ1) is 14.5. The van der Waals surface area contributed by atoms with Crippen molar-refractivity contribution in [3.63, 3.8) is 0 Å². The van der Waals surface area contributed by atoms with Crippen LogP contribution in [0.4, 0.5) is 5.69 Å². The number of carboxylic acids is 1. The molecule has 4 nitrogen and oxygen atoms in total. The number of halogens is 1. The Morgan fingerprint density at radius 2 is 2.06 bits per heavy atom. The van der Waals surface area contributed by atoms with Gasteiger partial charge in [0.25, 0.3) is 0 Å². The first-order valence-corrected chi connectivity index (χ1v) is 6.11. The minimum atomic E-state index is -1.15. The molecule has 0 aliphatic rings. The first-order valence-electron chi connectivity index (χ1n) is 5.73. The van der Waals surface area contributed by atoms with Crippen LogP contribution >= 0.6 is 11.6 Å². The van der Waals surface area contributed by atoms with Crippen molar-refractivity contribution in [2.75, 3.05) is 5.32 Å². The van der Waals surface area contributed by atoms with Crippen molar-refractivity contribution in [2.24, 2.45) is 5.92 Å². The van der Waals surface area contributed by atoms with Crippen molar-refractivity contribution in [2.45, 2.75) is 26.7 Å². The molecule has 0 aromatic heterocycles. The third-order valence-electron chi connectivity index (χ3n) is 2.45. The lowest BCUT2D eigenvalue weighted by atomic mass is 10.1. The maximum absolute atomic E-state index is 11.7. The molecule has 0 aliphatic carbocycles. The van der Waals surface area contributed by atoms with E-state index < -0.39 is 5.97 Å². The third-order valence-corrected chi connectivity index (χ3v) is 2.77. The van der Waals surface area contributed by atoms with Crippen LogP contribution in [0, 0.1) is 5.92 Å². The number of amides is 1. The van der Waals surface area contributed by atoms with E-state index in [-0.39, 0.29) is 22.2 Å². The summed E-state index contributed by atoms with van der Waals surface area (Å²) in [6, 6.07) is 4.62. The second-order valence-corrected chi connectivity index (χ2v) is 4.86. The van der Waals surface area contributed by atoms with Crippen LogP contribution in [0.1, 0.15) is 37.0 Å². The summed E-state index contributed by atoms with van der Waals surface area (Å²) in [5.41, 5.74) is 0.167. The first-order chi connectivity index (χ1) is 8.41. The van der Waals surface area contributed by atoms with Gasteiger partial charge in [0.15, 0.2) is 0 Å². The number of benzene rings is 1. The number of aromatic carboxylic acids is 1. The second-order valence-electron chi connectivity index (χ2n) is 4.45. The molecule has 0 bridgehead atoms. The monoisotopic (exact) mass is 269 g/mol. The zero-order valence-corrected chi connectivity index (χ0v) is 11.1. The Balaban J connectivity index is 2.81. The smallest absolute Gasteiger partial charge is 0.339 e. The number of carbonyl (C=O) groups is 2. The Hall–Kier alpha value is -1.55. The van der Waals surface area contributed by atoms with Crippen LogP contribution in [-0.4, -0.2) is 17.0 Å². The Morgan fingerprint density at radius 3 is 2.61 bits per heavy atom. The highest BCUT2D eigenvalue weighted by Crippen LogP contribution is 2.24. The van der Waals surface area contributed by atoms with Crippen LogP contribution < -0.4 is 5.32 Å². The van der Waals surface area contributed by atoms with Crippen LogP contribution in [-0.2, 0) is 4.79 Å². The molecule has 2 N–H and O–H groups in total. The molecule has 0 aliphatic heterocycles. The molecule has 18 heavy (non-hydrogen) atoms. The van der Waals surface area contributed by atoms with Gasteiger partial charge in [0.1, 0.15) is 5.56 Å². The number of hydrogen-bond acceptors (Lipinski definition) is 2. The molecule has 0 unspecified atom stereocenters. The van der Waals surface area contributed by atoms with Crippen LogP contribution in [0.5, 0.6) is 0 Å². The average Bonchev–Trinajstić information content (AvgIpc) is 2.26. The van der Waals surface area contributed by atoms with Gasteiger partial charge in [-0.2, -0.15) is 0 Å². The number of rotatable bonds is 5. The molecule has 0 spiro atoms. The Bertz CT molecular complexity index is 458. The van der Waals surface area contributed by atoms with E-state index in [1.165, 1.54) is 12.1 Å². The summed E-state index contributed by atoms with van der Waals surface area (Å²) in [5, 5.41) is 11.7. The van der Waals surface area contributed by atoms with Crippen LogP contribution in [0.3, 0.4) is 0 Å². The highest BCUT2D eigenvalue weighted by Gasteiger charge is 2.16. The van der Waals surface area contributed by atoms with E-state index in [0.717, 1.165) is 6.42 Å². The largest absolute Gasteiger partial charge is 0.478 e. The normalized spacial score (nSPS) is 10.4. The van der Waals surface area contributed by atoms with E-state index in [1.54, 1.807) is 6.07 Å². The van der Waals surface area contributed by atoms with Crippen molar-refractivity contribution in [3.8, 4) is 0 Å². The predicted molar refractivity (Wildman–Crippen MR) is 71.1 cm³/mol. The Labute approximate surface area is 111 Å². The molecule has 0 fully saturated rings. The molecular weight excluding hydrogens is 254 g/mol. The van der Waals surface area contributed by atoms with E-state index in [2.05, 4.69) is 5.32 Å². The van der Waals surface area contributed by atoms with Gasteiger partial charge in [-0.15, -0.1) is 0 Å². The lowest BCUT2D eigenvalue weighted by molar-refractivity contribution is -0.116. The van der Waals surface area contributed by atoms with Crippen molar-refractivity contribution in [1.29, 1.82) is 0 Å². The molecule has 0 heterocycles. The Kier molecular flexibility index (Phi) is 5.16. The van der Waals surface area contributed by atoms with E-state index in [9.17, 15) is 9.59 Å². The van der Waals surface area contributed by atoms with E-state index >= 15 is 0 Å². The van der Waals surface area contributed by atoms with Crippen molar-refractivity contribution < 1.29 is 14.7 Å². The highest BCUT2D eigenvalue weighted by atomic mass is 35.5. The summed E-state index contributed by atoms with van der Waals surface area (Å²) in [6.07, 6.45) is 1.12. The summed E-state index contributed by atoms with van der Waals surface area (Å²) in [4.78, 5) is 22.7. The van der Waals surface area contributed by atoms with E-state index in [0.29, 0.717) is 12.3 Å². The van der Waals surface area contributed by atoms with Gasteiger partial charge in [-0.1, -0.05) is 31.5 Å². The fourth-order valence-corrected chi connectivity index (χ4v) is 1.73. The third kappa shape index (κ3) is 4.04. The van der Waals surface area contributed by atoms with Gasteiger partial charge >= 0.3 is 5.97 Å². The average molecular weight is 270 g/mol. The summed E-state index contributed by atoms with van der Waals surface area (Å²) < 4.78 is 0. The Morgan fingerprint density at radius 1 is 1.39 bits per heavy atom. The number of carboxylic acid groups (broad SMARTS) is 1. The highest BCUT2D eigenvalue weighted by molar-refractivity contribution is 6.34. The van der Waals surface area contributed by atoms with Gasteiger partial charge in [-0.25, -0.2) is 4.79 Å². The standard InChI is InChI=1S/C13H16ClNO3/c1-8(2)6-7-11(16)15-10-5-3-4-9(14)12(10)13(17)18/h3-5,8H,6-7H2,1-2H3,(H,15,16)(H,17,18). The fraction of sp³-hybridized carbons (Fsp3) is 0.385. The van der Waals surface area contributed by atoms with Crippen molar-refractivity contribution in [3.05, 3.63) is 28.8 Å². The SMILES string of the molecule is CC(C)CCC(=O)Nc1cccc(Cl)c1C(=O)O. The quantitative estimate of drug-likeness (QED) is 0.861. The summed E-state index contributed by atoms with van der Waals surface area (Å²) in [6.45, 7) is 4.05. The molecule has 0 saturated carbocycles. The zero-order chi connectivity index (χ0) is 13.7. The molecular formula is C13H16ClNO3. The number of hydrogen-bond donors (Lipinski definition) is 2. The maximum Gasteiger partial charge on any atom is 0.339 e. The van der Waals surface area contributed by atoms with Crippen LogP contribution in [0.15, 0.2) is 18.2 Å². The summed E-state index contributed by atoms with van der Waals surface area (Å²) >= 11 is 5.80. The van der Waals surface area contributed by atoms with E-state index in [4.69, 9.17) is 16.7 Å². The van der Waals surface area contributed by atoms with Gasteiger partial charge in [0, 0.05) is 6.42 Å². The van der Waals surface area contributed by atoms with Gasteiger partial charge in [-0.05, 0) is 24.5 Å². The maximum atomic E-state index is 11.7. The molecule has 1 rings (SSSR count). The fourth-order valence-electron chi connectivity index (χ4n) is 1.48. The van der Waals surface area contributed by atoms with Crippen molar-refractivity contribution in [1.82, 2.24) is 0 Å². The summed E-state index contributed by atoms with van der Waals surface area (Å²) in [7, 11) is 0. The topological polar surface area (TPSA) is 66.4 Å². The molecule has 1 aromatic carbocycles. The number of nitrogens with one attached hydrogen (secondary N) is 1. The number of carbonyl (C=O) groups excluding carboxylic acids is 1. The van der Waals surface area contributed by atoms with Crippen LogP contribution in [0.2, 0.25) is 5.02 Å². The molecule has 1 aromatic rings. The lowest BCUT2D eigenvalue weighted by Gasteiger charge is -2.10.